The standard InChI is InChI=1S/C50H32N2S.C32H22N2.C18H11BrS/c1-5-17-33(18-6-1)37-26-15-27-40-41-28-16-30-44(50(41)53-49(37)40)52-43-29-14-13-25-38(43)39-31-32-42-45(34-19-7-2-8-20-34)46(35-21-9-3-10-22-35)51(48(42)47(39)52)36-23-11-4-12-24-36;1-4-12-22(13-5-1)29-27-21-20-26-25-18-10-11-19-28(25)33-30(26)32(27)34(24-16-8-3-9-17-24)31(29)23-14-6-2-7-15-23;19-16-11-5-10-15-14-9-4-8-13(17(14)20-18(15)16)12-6-2-1-3-7-12/h1-32H;1-21,33H;1-11H. The van der Waals surface area contributed by atoms with Crippen LogP contribution in [-0.2, 0) is 0 Å². The number of benzene rings is 16. The van der Waals surface area contributed by atoms with Gasteiger partial charge in [-0.25, -0.2) is 0 Å². The molecule has 0 unspecified atom stereocenters. The Balaban J connectivity index is 0.000000119. The molecular formula is C100H65BrN4S2. The van der Waals surface area contributed by atoms with Gasteiger partial charge in [-0.1, -0.05) is 340 Å². The molecule has 7 heteroatoms. The third-order valence-corrected chi connectivity index (χ3v) is 24.5. The van der Waals surface area contributed by atoms with Crippen LogP contribution in [0.4, 0.5) is 0 Å². The molecule has 0 fully saturated rings. The first kappa shape index (κ1) is 63.8. The van der Waals surface area contributed by atoms with Crippen molar-refractivity contribution in [2.45, 2.75) is 0 Å². The number of para-hydroxylation sites is 4. The van der Waals surface area contributed by atoms with E-state index in [4.69, 9.17) is 0 Å². The van der Waals surface area contributed by atoms with Gasteiger partial charge in [0, 0.05) is 100 Å². The molecule has 0 atom stereocenters. The summed E-state index contributed by atoms with van der Waals surface area (Å²) < 4.78 is 14.0. The highest BCUT2D eigenvalue weighted by atomic mass is 79.9. The van der Waals surface area contributed by atoms with Crippen LogP contribution in [0.25, 0.3) is 190 Å². The first-order chi connectivity index (χ1) is 53.1. The molecule has 0 saturated heterocycles. The summed E-state index contributed by atoms with van der Waals surface area (Å²) >= 11 is 7.43. The minimum atomic E-state index is 1.13. The lowest BCUT2D eigenvalue weighted by molar-refractivity contribution is 1.12. The summed E-state index contributed by atoms with van der Waals surface area (Å²) in [6.45, 7) is 0. The van der Waals surface area contributed by atoms with Crippen LogP contribution in [0, 0.1) is 0 Å². The average Bonchev–Trinajstić information content (AvgIpc) is 1.55. The number of fused-ring (bicyclic) bond motifs is 16. The summed E-state index contributed by atoms with van der Waals surface area (Å²) in [4.78, 5) is 3.75. The van der Waals surface area contributed by atoms with E-state index in [0.29, 0.717) is 0 Å². The quantitative estimate of drug-likeness (QED) is 0.149. The molecule has 0 aliphatic heterocycles. The zero-order valence-electron chi connectivity index (χ0n) is 58.0. The topological polar surface area (TPSA) is 30.6 Å². The van der Waals surface area contributed by atoms with Crippen molar-refractivity contribution in [3.05, 3.63) is 393 Å². The molecule has 1 N–H and O–H groups in total. The summed E-state index contributed by atoms with van der Waals surface area (Å²) in [7, 11) is 0. The van der Waals surface area contributed by atoms with E-state index in [1.807, 2.05) is 22.7 Å². The fourth-order valence-corrected chi connectivity index (χ4v) is 19.6. The molecular weight excluding hydrogens is 1400 g/mol. The van der Waals surface area contributed by atoms with E-state index in [9.17, 15) is 0 Å². The number of nitrogens with zero attached hydrogens (tertiary/aromatic N) is 3. The number of aromatic nitrogens is 4. The third-order valence-electron chi connectivity index (χ3n) is 21.0. The first-order valence-electron chi connectivity index (χ1n) is 36.3. The van der Waals surface area contributed by atoms with Crippen molar-refractivity contribution in [1.29, 1.82) is 0 Å². The second-order valence-corrected chi connectivity index (χ2v) is 30.0. The average molecular weight is 1470 g/mol. The molecule has 0 saturated carbocycles. The molecule has 0 aliphatic rings. The van der Waals surface area contributed by atoms with Crippen LogP contribution >= 0.6 is 38.6 Å². The molecule has 0 radical (unpaired) electrons. The van der Waals surface area contributed by atoms with Gasteiger partial charge in [-0.15, -0.1) is 22.7 Å². The van der Waals surface area contributed by atoms with Crippen LogP contribution in [0.3, 0.4) is 0 Å². The summed E-state index contributed by atoms with van der Waals surface area (Å²) in [5, 5.41) is 12.7. The Bertz CT molecular complexity index is 7080. The van der Waals surface area contributed by atoms with Crippen LogP contribution in [-0.4, -0.2) is 18.7 Å². The van der Waals surface area contributed by atoms with E-state index in [1.165, 1.54) is 177 Å². The number of aromatic amines is 1. The number of rotatable bonds is 9. The van der Waals surface area contributed by atoms with Crippen molar-refractivity contribution in [2.75, 3.05) is 0 Å². The smallest absolute Gasteiger partial charge is 0.0789 e. The van der Waals surface area contributed by atoms with Gasteiger partial charge in [0.1, 0.15) is 0 Å². The molecule has 0 aliphatic carbocycles. The highest BCUT2D eigenvalue weighted by Crippen LogP contribution is 2.51. The van der Waals surface area contributed by atoms with Crippen molar-refractivity contribution in [2.24, 2.45) is 0 Å². The number of hydrogen-bond acceptors (Lipinski definition) is 2. The number of H-pyrrole nitrogens is 1. The van der Waals surface area contributed by atoms with Gasteiger partial charge in [-0.05, 0) is 109 Å². The van der Waals surface area contributed by atoms with Gasteiger partial charge < -0.3 is 18.7 Å². The van der Waals surface area contributed by atoms with Gasteiger partial charge in [0.25, 0.3) is 0 Å². The van der Waals surface area contributed by atoms with Crippen molar-refractivity contribution in [3.63, 3.8) is 0 Å². The van der Waals surface area contributed by atoms with Crippen LogP contribution in [0.15, 0.2) is 393 Å². The number of thiophene rings is 2. The summed E-state index contributed by atoms with van der Waals surface area (Å²) in [6.07, 6.45) is 0. The molecule has 22 rings (SSSR count). The molecule has 504 valence electrons. The van der Waals surface area contributed by atoms with E-state index in [0.717, 1.165) is 16.9 Å². The monoisotopic (exact) mass is 1460 g/mol. The Kier molecular flexibility index (Phi) is 16.1. The lowest BCUT2D eigenvalue weighted by atomic mass is 9.98. The van der Waals surface area contributed by atoms with Crippen molar-refractivity contribution >= 4 is 144 Å². The van der Waals surface area contributed by atoms with Gasteiger partial charge >= 0.3 is 0 Å². The van der Waals surface area contributed by atoms with E-state index >= 15 is 0 Å². The summed E-state index contributed by atoms with van der Waals surface area (Å²) in [5.41, 5.74) is 25.4. The minimum absolute atomic E-state index is 1.13. The lowest BCUT2D eigenvalue weighted by Crippen LogP contribution is -2.00. The number of nitrogens with one attached hydrogen (secondary N) is 1. The van der Waals surface area contributed by atoms with E-state index < -0.39 is 0 Å². The number of hydrogen-bond donors (Lipinski definition) is 1. The molecule has 6 aromatic heterocycles. The molecule has 6 heterocycles. The zero-order valence-corrected chi connectivity index (χ0v) is 61.2. The maximum absolute atomic E-state index is 3.75. The highest BCUT2D eigenvalue weighted by Gasteiger charge is 2.29. The number of halogens is 1. The van der Waals surface area contributed by atoms with Crippen LogP contribution in [0.2, 0.25) is 0 Å². The first-order valence-corrected chi connectivity index (χ1v) is 38.7. The van der Waals surface area contributed by atoms with Gasteiger partial charge in [0.2, 0.25) is 0 Å². The van der Waals surface area contributed by atoms with Gasteiger partial charge in [0.15, 0.2) is 0 Å². The lowest BCUT2D eigenvalue weighted by Gasteiger charge is -2.15. The second-order valence-electron chi connectivity index (χ2n) is 27.1. The molecule has 16 aromatic carbocycles. The summed E-state index contributed by atoms with van der Waals surface area (Å²) in [6, 6.07) is 140. The molecule has 0 spiro atoms. The molecule has 0 bridgehead atoms. The maximum Gasteiger partial charge on any atom is 0.0789 e. The largest absolute Gasteiger partial charge is 0.353 e. The molecule has 4 nitrogen and oxygen atoms in total. The highest BCUT2D eigenvalue weighted by molar-refractivity contribution is 9.10. The predicted molar refractivity (Wildman–Crippen MR) is 463 cm³/mol. The van der Waals surface area contributed by atoms with E-state index in [2.05, 4.69) is 423 Å². The Morgan fingerprint density at radius 2 is 0.598 bits per heavy atom. The maximum atomic E-state index is 3.75. The zero-order chi connectivity index (χ0) is 70.9. The van der Waals surface area contributed by atoms with E-state index in [-0.39, 0.29) is 0 Å². The Hall–Kier alpha value is -12.9. The molecule has 22 aromatic rings. The van der Waals surface area contributed by atoms with Gasteiger partial charge in [0.05, 0.1) is 49.4 Å². The van der Waals surface area contributed by atoms with Crippen molar-refractivity contribution in [1.82, 2.24) is 18.7 Å². The predicted octanol–water partition coefficient (Wildman–Crippen LogP) is 29.2. The van der Waals surface area contributed by atoms with E-state index in [1.54, 1.807) is 0 Å². The Morgan fingerprint density at radius 1 is 0.234 bits per heavy atom. The van der Waals surface area contributed by atoms with Crippen molar-refractivity contribution < 1.29 is 0 Å². The fraction of sp³-hybridized carbons (Fsp3) is 0. The normalized spacial score (nSPS) is 11.6. The second kappa shape index (κ2) is 27.0. The Labute approximate surface area is 635 Å². The Morgan fingerprint density at radius 3 is 1.13 bits per heavy atom. The van der Waals surface area contributed by atoms with Crippen LogP contribution in [0.5, 0.6) is 0 Å². The van der Waals surface area contributed by atoms with Gasteiger partial charge in [-0.3, -0.25) is 0 Å². The molecule has 0 amide bonds. The minimum Gasteiger partial charge on any atom is -0.353 e. The SMILES string of the molecule is Brc1cccc2c1sc1c(-c3ccccc3)cccc12.c1ccc(-c2c(-c3ccccc3)n(-c3ccccc3)c3c2ccc2c4ccccc4[nH]c23)cc1.c1ccc(-c2c(-c3ccccc3)n(-c3ccccc3)c3c2ccc2c4ccccc4n(-c4cccc5c4sc4c(-c6ccccc6)cccc45)c23)cc1. The van der Waals surface area contributed by atoms with Crippen LogP contribution in [0.1, 0.15) is 0 Å². The summed E-state index contributed by atoms with van der Waals surface area (Å²) in [5.74, 6) is 0. The van der Waals surface area contributed by atoms with Gasteiger partial charge in [-0.2, -0.15) is 0 Å². The third kappa shape index (κ3) is 10.8. The fourth-order valence-electron chi connectivity index (χ4n) is 16.4. The van der Waals surface area contributed by atoms with Crippen LogP contribution < -0.4 is 0 Å². The van der Waals surface area contributed by atoms with Crippen molar-refractivity contribution in [3.8, 4) is 84.1 Å². The molecule has 107 heavy (non-hydrogen) atoms.